The zero-order valence-electron chi connectivity index (χ0n) is 18.3. The van der Waals surface area contributed by atoms with Crippen LogP contribution >= 0.6 is 7.57 Å². The van der Waals surface area contributed by atoms with Crippen LogP contribution in [-0.2, 0) is 11.1 Å². The highest BCUT2D eigenvalue weighted by Gasteiger charge is 2.29. The predicted octanol–water partition coefficient (Wildman–Crippen LogP) is -0.740. The van der Waals surface area contributed by atoms with Gasteiger partial charge in [0.05, 0.1) is 24.2 Å². The van der Waals surface area contributed by atoms with E-state index in [1.54, 1.807) is 19.1 Å². The molecule has 2 aliphatic heterocycles. The Labute approximate surface area is 188 Å². The molecular formula is C20H27N4O8P. The van der Waals surface area contributed by atoms with Gasteiger partial charge in [-0.05, 0) is 49.3 Å². The first-order valence-corrected chi connectivity index (χ1v) is 11.9. The van der Waals surface area contributed by atoms with Crippen LogP contribution in [0.4, 0.5) is 0 Å². The molecule has 3 rings (SSSR count). The third kappa shape index (κ3) is 5.56. The number of aromatic nitrogens is 4. The Morgan fingerprint density at radius 2 is 1.79 bits per heavy atom. The van der Waals surface area contributed by atoms with Gasteiger partial charge in [0, 0.05) is 0 Å². The molecule has 1 aromatic rings. The van der Waals surface area contributed by atoms with Crippen molar-refractivity contribution in [1.29, 1.82) is 0 Å². The maximum absolute atomic E-state index is 12.3. The third-order valence-corrected chi connectivity index (χ3v) is 6.61. The van der Waals surface area contributed by atoms with E-state index in [1.165, 1.54) is 4.57 Å². The molecule has 2 aliphatic rings. The van der Waals surface area contributed by atoms with Crippen molar-refractivity contribution in [3.05, 3.63) is 44.1 Å². The van der Waals surface area contributed by atoms with E-state index in [4.69, 9.17) is 4.52 Å². The van der Waals surface area contributed by atoms with E-state index in [0.29, 0.717) is 17.5 Å². The molecule has 3 unspecified atom stereocenters. The van der Waals surface area contributed by atoms with Crippen molar-refractivity contribution in [2.45, 2.75) is 52.0 Å². The number of benzene rings is 1. The van der Waals surface area contributed by atoms with Gasteiger partial charge in [0.25, 0.3) is 5.56 Å². The van der Waals surface area contributed by atoms with Crippen molar-refractivity contribution in [3.8, 4) is 11.5 Å². The van der Waals surface area contributed by atoms with E-state index < -0.39 is 43.7 Å². The summed E-state index contributed by atoms with van der Waals surface area (Å²) in [4.78, 5) is 53.8. The molecule has 2 heterocycles. The number of H-pyrrole nitrogens is 1. The van der Waals surface area contributed by atoms with Crippen LogP contribution in [0, 0.1) is 13.8 Å². The van der Waals surface area contributed by atoms with Crippen molar-refractivity contribution in [3.63, 3.8) is 0 Å². The molecular weight excluding hydrogens is 455 g/mol. The second-order valence-corrected chi connectivity index (χ2v) is 9.59. The highest BCUT2D eigenvalue weighted by Crippen LogP contribution is 2.38. The molecule has 6 N–H and O–H groups in total. The second-order valence-electron chi connectivity index (χ2n) is 7.79. The normalized spacial score (nSPS) is 15.0. The van der Waals surface area contributed by atoms with Crippen molar-refractivity contribution in [2.75, 3.05) is 6.61 Å². The second kappa shape index (κ2) is 9.82. The van der Waals surface area contributed by atoms with Gasteiger partial charge in [0.2, 0.25) is 7.57 Å². The fourth-order valence-corrected chi connectivity index (χ4v) is 4.31. The van der Waals surface area contributed by atoms with E-state index >= 15 is 0 Å². The summed E-state index contributed by atoms with van der Waals surface area (Å²) in [5.41, 5.74) is 0.879. The fraction of sp³-hybridized carbons (Fsp3) is 0.450. The number of nitrogens with one attached hydrogen (secondary N) is 1. The van der Waals surface area contributed by atoms with Crippen molar-refractivity contribution >= 4 is 24.4 Å². The molecule has 0 aromatic heterocycles. The van der Waals surface area contributed by atoms with Crippen LogP contribution in [0.2, 0.25) is 0 Å². The first-order chi connectivity index (χ1) is 15.4. The average molecular weight is 482 g/mol. The Hall–Kier alpha value is -2.44. The summed E-state index contributed by atoms with van der Waals surface area (Å²) in [6.07, 6.45) is -4.68. The lowest BCUT2D eigenvalue weighted by Crippen LogP contribution is -2.42. The van der Waals surface area contributed by atoms with Crippen LogP contribution in [-0.4, -0.2) is 75.3 Å². The molecule has 0 spiro atoms. The van der Waals surface area contributed by atoms with Gasteiger partial charge in [-0.25, -0.2) is 9.78 Å². The van der Waals surface area contributed by atoms with E-state index in [1.807, 2.05) is 13.8 Å². The molecule has 0 saturated heterocycles. The molecule has 0 saturated carbocycles. The molecule has 3 atom stereocenters. The summed E-state index contributed by atoms with van der Waals surface area (Å²) in [5, 5.41) is 31.2. The van der Waals surface area contributed by atoms with Gasteiger partial charge in [0.15, 0.2) is 11.5 Å². The van der Waals surface area contributed by atoms with E-state index in [-0.39, 0.29) is 18.1 Å². The molecule has 12 nitrogen and oxygen atoms in total. The van der Waals surface area contributed by atoms with Crippen LogP contribution in [0.25, 0.3) is 22.6 Å². The van der Waals surface area contributed by atoms with Crippen LogP contribution in [0.3, 0.4) is 0 Å². The highest BCUT2D eigenvalue weighted by atomic mass is 31.2. The van der Waals surface area contributed by atoms with E-state index in [9.17, 15) is 34.7 Å². The number of hydrogen-bond acceptors (Lipinski definition) is 10. The molecule has 13 heteroatoms. The highest BCUT2D eigenvalue weighted by molar-refractivity contribution is 7.59. The number of aliphatic hydroxyl groups excluding tert-OH is 3. The minimum Gasteiger partial charge on any atom is -0.388 e. The first kappa shape index (κ1) is 25.2. The van der Waals surface area contributed by atoms with E-state index in [0.717, 1.165) is 16.9 Å². The van der Waals surface area contributed by atoms with Crippen LogP contribution in [0.1, 0.15) is 24.5 Å². The van der Waals surface area contributed by atoms with Gasteiger partial charge >= 0.3 is 5.69 Å². The Kier molecular flexibility index (Phi) is 7.49. The summed E-state index contributed by atoms with van der Waals surface area (Å²) < 4.78 is 6.26. The number of hydrogen-bond donors (Lipinski definition) is 6. The number of nitrogens with zero attached hydrogens (tertiary/aromatic N) is 3. The lowest BCUT2D eigenvalue weighted by Gasteiger charge is -2.26. The standard InChI is InChI=1S/C20H27N4O8P/c1-4-5-33(30,31)32-9-15(26)17(27)14(25)8-24-13-7-11(3)10(2)6-12(13)21-16-18(24)22-20(29)23-19(16)28/h5-7,14-15,17,25-27,30-31H,4,8-9H2,1-3H3,(H,23,28,29). The topological polar surface area (TPSA) is 191 Å². The van der Waals surface area contributed by atoms with Crippen LogP contribution < -0.4 is 11.2 Å². The number of aryl methyl sites for hydroxylation is 2. The lowest BCUT2D eigenvalue weighted by atomic mass is 10.1. The smallest absolute Gasteiger partial charge is 0.349 e. The molecule has 0 radical (unpaired) electrons. The average Bonchev–Trinajstić information content (AvgIpc) is 2.73. The number of aromatic amines is 1. The van der Waals surface area contributed by atoms with Gasteiger partial charge in [-0.2, -0.15) is 4.98 Å². The maximum Gasteiger partial charge on any atom is 0.349 e. The van der Waals surface area contributed by atoms with Crippen molar-refractivity contribution in [2.24, 2.45) is 0 Å². The molecule has 33 heavy (non-hydrogen) atoms. The Bertz CT molecular complexity index is 1300. The number of rotatable bonds is 8. The Morgan fingerprint density at radius 3 is 2.45 bits per heavy atom. The SMILES string of the molecule is CCC=P(O)(O)OCC(O)C(O)C(O)Cn1c2nc(=O)[nH]c(=O)c-2nc2cc(C)c(C)cc21. The van der Waals surface area contributed by atoms with Gasteiger partial charge in [-0.1, -0.05) is 6.92 Å². The quantitative estimate of drug-likeness (QED) is 0.176. The zero-order chi connectivity index (χ0) is 24.5. The summed E-state index contributed by atoms with van der Waals surface area (Å²) >= 11 is 0. The molecule has 1 aromatic carbocycles. The number of aliphatic hydroxyl groups is 3. The first-order valence-electron chi connectivity index (χ1n) is 10.2. The Morgan fingerprint density at radius 1 is 1.12 bits per heavy atom. The minimum absolute atomic E-state index is 0.0929. The van der Waals surface area contributed by atoms with Crippen molar-refractivity contribution in [1.82, 2.24) is 19.5 Å². The summed E-state index contributed by atoms with van der Waals surface area (Å²) in [5.74, 6) is 1.06. The third-order valence-electron chi connectivity index (χ3n) is 5.24. The molecule has 0 amide bonds. The molecule has 180 valence electrons. The molecule has 0 fully saturated rings. The lowest BCUT2D eigenvalue weighted by molar-refractivity contribution is -0.0780. The fourth-order valence-electron chi connectivity index (χ4n) is 3.36. The predicted molar refractivity (Wildman–Crippen MR) is 122 cm³/mol. The monoisotopic (exact) mass is 482 g/mol. The van der Waals surface area contributed by atoms with Gasteiger partial charge in [0.1, 0.15) is 18.3 Å². The van der Waals surface area contributed by atoms with E-state index in [2.05, 4.69) is 15.0 Å². The largest absolute Gasteiger partial charge is 0.388 e. The summed E-state index contributed by atoms with van der Waals surface area (Å²) in [7, 11) is -3.79. The minimum atomic E-state index is -3.79. The zero-order valence-corrected chi connectivity index (χ0v) is 19.2. The Balaban J connectivity index is 1.99. The number of fused-ring (bicyclic) bond motifs is 2. The molecule has 0 aliphatic carbocycles. The van der Waals surface area contributed by atoms with Gasteiger partial charge < -0.3 is 34.2 Å². The maximum atomic E-state index is 12.3. The van der Waals surface area contributed by atoms with Gasteiger partial charge in [-0.3, -0.25) is 9.78 Å². The molecule has 0 bridgehead atoms. The summed E-state index contributed by atoms with van der Waals surface area (Å²) in [6, 6.07) is 3.49. The summed E-state index contributed by atoms with van der Waals surface area (Å²) in [6.45, 7) is 4.40. The van der Waals surface area contributed by atoms with Crippen LogP contribution in [0.5, 0.6) is 0 Å². The van der Waals surface area contributed by atoms with Crippen LogP contribution in [0.15, 0.2) is 21.7 Å². The van der Waals surface area contributed by atoms with Gasteiger partial charge in [-0.15, -0.1) is 0 Å². The van der Waals surface area contributed by atoms with Crippen molar-refractivity contribution < 1.29 is 29.6 Å².